The molecule has 0 radical (unpaired) electrons. The summed E-state index contributed by atoms with van der Waals surface area (Å²) in [6, 6.07) is 43.9. The minimum Gasteiger partial charge on any atom is -0.247 e. The summed E-state index contributed by atoms with van der Waals surface area (Å²) in [6.45, 7) is 0. The van der Waals surface area contributed by atoms with Gasteiger partial charge >= 0.3 is 0 Å². The van der Waals surface area contributed by atoms with E-state index in [4.69, 9.17) is 9.97 Å². The summed E-state index contributed by atoms with van der Waals surface area (Å²) in [5.74, 6) is 0. The molecule has 2 nitrogen and oxygen atoms in total. The number of benzene rings is 6. The van der Waals surface area contributed by atoms with Gasteiger partial charge in [0.2, 0.25) is 0 Å². The second-order valence-electron chi connectivity index (χ2n) is 13.6. The largest absolute Gasteiger partial charge is 0.247 e. The van der Waals surface area contributed by atoms with Crippen LogP contribution in [0.2, 0.25) is 0 Å². The Morgan fingerprint density at radius 1 is 0.292 bits per heavy atom. The molecular weight excluding hydrogens is 581 g/mol. The lowest BCUT2D eigenvalue weighted by molar-refractivity contribution is 0.552. The fraction of sp³-hybridized carbons (Fsp3) is 0.261. The van der Waals surface area contributed by atoms with Crippen molar-refractivity contribution in [1.29, 1.82) is 0 Å². The third-order valence-corrected chi connectivity index (χ3v) is 10.5. The third-order valence-electron chi connectivity index (χ3n) is 10.5. The smallest absolute Gasteiger partial charge is 0.0790 e. The standard InChI is InChI=1S/C46H44N2/c1(3-5-7-9-23-37-39-25-15-17-27-43(39)47-45-35-21-13-11-19-33(35)29-31-41(37)45)2-4-6-8-10-24-38-40-26-16-18-28-44(40)48-46-36-22-14-12-20-34(36)30-32-42(38)46/h11-22,25-32H,1-10,23-24H2. The number of aryl methyl sites for hydroxylation is 2. The van der Waals surface area contributed by atoms with Crippen molar-refractivity contribution in [2.75, 3.05) is 0 Å². The molecule has 238 valence electrons. The lowest BCUT2D eigenvalue weighted by Gasteiger charge is -2.13. The van der Waals surface area contributed by atoms with E-state index in [0.717, 1.165) is 34.9 Å². The van der Waals surface area contributed by atoms with Gasteiger partial charge in [0.25, 0.3) is 0 Å². The van der Waals surface area contributed by atoms with E-state index in [1.807, 2.05) is 0 Å². The molecule has 0 amide bonds. The Labute approximate surface area is 283 Å². The van der Waals surface area contributed by atoms with Gasteiger partial charge in [0.05, 0.1) is 22.1 Å². The number of para-hydroxylation sites is 2. The van der Waals surface area contributed by atoms with Crippen molar-refractivity contribution in [3.05, 3.63) is 132 Å². The number of aromatic nitrogens is 2. The quantitative estimate of drug-likeness (QED) is 0.0724. The first-order valence-corrected chi connectivity index (χ1v) is 18.2. The molecule has 0 saturated heterocycles. The number of hydrogen-bond acceptors (Lipinski definition) is 2. The third kappa shape index (κ3) is 6.13. The first kappa shape index (κ1) is 30.5. The van der Waals surface area contributed by atoms with E-state index in [2.05, 4.69) is 121 Å². The van der Waals surface area contributed by atoms with Crippen LogP contribution in [0, 0.1) is 0 Å². The van der Waals surface area contributed by atoms with Gasteiger partial charge in [0, 0.05) is 32.3 Å². The van der Waals surface area contributed by atoms with Crippen LogP contribution in [0.25, 0.3) is 65.2 Å². The van der Waals surface area contributed by atoms with E-state index in [9.17, 15) is 0 Å². The summed E-state index contributed by atoms with van der Waals surface area (Å²) >= 11 is 0. The zero-order valence-electron chi connectivity index (χ0n) is 27.9. The molecule has 8 aromatic rings. The maximum absolute atomic E-state index is 5.12. The Bertz CT molecular complexity index is 2200. The van der Waals surface area contributed by atoms with Gasteiger partial charge in [0.15, 0.2) is 0 Å². The fourth-order valence-electron chi connectivity index (χ4n) is 7.98. The van der Waals surface area contributed by atoms with E-state index in [1.54, 1.807) is 0 Å². The van der Waals surface area contributed by atoms with Crippen molar-refractivity contribution in [2.24, 2.45) is 0 Å². The Balaban J connectivity index is 0.806. The van der Waals surface area contributed by atoms with Crippen LogP contribution in [0.3, 0.4) is 0 Å². The Kier molecular flexibility index (Phi) is 8.97. The molecule has 0 unspecified atom stereocenters. The number of nitrogens with zero attached hydrogens (tertiary/aromatic N) is 2. The molecule has 0 bridgehead atoms. The summed E-state index contributed by atoms with van der Waals surface area (Å²) in [6.07, 6.45) is 15.4. The minimum absolute atomic E-state index is 1.12. The first-order chi connectivity index (χ1) is 23.8. The number of hydrogen-bond donors (Lipinski definition) is 0. The second kappa shape index (κ2) is 14.1. The van der Waals surface area contributed by atoms with E-state index in [0.29, 0.717) is 0 Å². The van der Waals surface area contributed by atoms with Gasteiger partial charge in [0.1, 0.15) is 0 Å². The normalized spacial score (nSPS) is 11.9. The van der Waals surface area contributed by atoms with Crippen LogP contribution < -0.4 is 0 Å². The number of unbranched alkanes of at least 4 members (excludes halogenated alkanes) is 9. The molecule has 0 aliphatic carbocycles. The summed E-state index contributed by atoms with van der Waals surface area (Å²) in [7, 11) is 0. The monoisotopic (exact) mass is 624 g/mol. The van der Waals surface area contributed by atoms with Crippen LogP contribution >= 0.6 is 0 Å². The average molecular weight is 625 g/mol. The molecule has 48 heavy (non-hydrogen) atoms. The molecule has 0 aliphatic rings. The van der Waals surface area contributed by atoms with E-state index in [-0.39, 0.29) is 0 Å². The molecule has 0 atom stereocenters. The summed E-state index contributed by atoms with van der Waals surface area (Å²) in [4.78, 5) is 10.2. The van der Waals surface area contributed by atoms with Gasteiger partial charge in [-0.05, 0) is 59.7 Å². The van der Waals surface area contributed by atoms with Crippen LogP contribution in [0.5, 0.6) is 0 Å². The van der Waals surface area contributed by atoms with Crippen molar-refractivity contribution in [1.82, 2.24) is 9.97 Å². The van der Waals surface area contributed by atoms with Crippen molar-refractivity contribution >= 4 is 65.2 Å². The molecule has 0 spiro atoms. The molecule has 8 rings (SSSR count). The van der Waals surface area contributed by atoms with Crippen LogP contribution in [0.15, 0.2) is 121 Å². The van der Waals surface area contributed by atoms with Crippen LogP contribution in [-0.4, -0.2) is 9.97 Å². The van der Waals surface area contributed by atoms with E-state index >= 15 is 0 Å². The number of rotatable bonds is 13. The van der Waals surface area contributed by atoms with Gasteiger partial charge in [-0.1, -0.05) is 161 Å². The van der Waals surface area contributed by atoms with Crippen molar-refractivity contribution in [2.45, 2.75) is 77.0 Å². The highest BCUT2D eigenvalue weighted by molar-refractivity contribution is 6.11. The molecule has 0 fully saturated rings. The maximum atomic E-state index is 5.12. The van der Waals surface area contributed by atoms with E-state index < -0.39 is 0 Å². The molecule has 2 heterocycles. The van der Waals surface area contributed by atoms with Gasteiger partial charge in [-0.25, -0.2) is 9.97 Å². The lowest BCUT2D eigenvalue weighted by Crippen LogP contribution is -1.95. The summed E-state index contributed by atoms with van der Waals surface area (Å²) in [5.41, 5.74) is 7.49. The average Bonchev–Trinajstić information content (AvgIpc) is 3.14. The Morgan fingerprint density at radius 3 is 1.08 bits per heavy atom. The van der Waals surface area contributed by atoms with Crippen LogP contribution in [0.1, 0.15) is 75.3 Å². The Hall–Kier alpha value is -4.82. The van der Waals surface area contributed by atoms with Gasteiger partial charge in [-0.2, -0.15) is 0 Å². The van der Waals surface area contributed by atoms with Gasteiger partial charge < -0.3 is 0 Å². The predicted molar refractivity (Wildman–Crippen MR) is 207 cm³/mol. The fourth-order valence-corrected chi connectivity index (χ4v) is 7.98. The summed E-state index contributed by atoms with van der Waals surface area (Å²) in [5, 5.41) is 10.3. The van der Waals surface area contributed by atoms with Crippen molar-refractivity contribution in [3.63, 3.8) is 0 Å². The SMILES string of the molecule is c1ccc2c(c1)ccc1c(CCCCCCCCCCCCc3c4ccccc4nc4c3ccc3ccccc34)c3ccccc3nc12. The maximum Gasteiger partial charge on any atom is 0.0790 e. The zero-order valence-corrected chi connectivity index (χ0v) is 27.9. The number of pyridine rings is 2. The van der Waals surface area contributed by atoms with Crippen LogP contribution in [-0.2, 0) is 12.8 Å². The molecule has 0 aliphatic heterocycles. The van der Waals surface area contributed by atoms with Crippen molar-refractivity contribution < 1.29 is 0 Å². The van der Waals surface area contributed by atoms with Gasteiger partial charge in [-0.15, -0.1) is 0 Å². The highest BCUT2D eigenvalue weighted by atomic mass is 14.7. The Morgan fingerprint density at radius 2 is 0.646 bits per heavy atom. The molecule has 0 saturated carbocycles. The molecule has 0 N–H and O–H groups in total. The zero-order chi connectivity index (χ0) is 32.1. The highest BCUT2D eigenvalue weighted by Gasteiger charge is 2.13. The minimum atomic E-state index is 1.12. The lowest BCUT2D eigenvalue weighted by atomic mass is 9.94. The highest BCUT2D eigenvalue weighted by Crippen LogP contribution is 2.34. The van der Waals surface area contributed by atoms with Gasteiger partial charge in [-0.3, -0.25) is 0 Å². The van der Waals surface area contributed by atoms with E-state index in [1.165, 1.54) is 118 Å². The number of fused-ring (bicyclic) bond motifs is 8. The molecule has 6 aromatic carbocycles. The first-order valence-electron chi connectivity index (χ1n) is 18.2. The van der Waals surface area contributed by atoms with Crippen molar-refractivity contribution in [3.8, 4) is 0 Å². The topological polar surface area (TPSA) is 25.8 Å². The van der Waals surface area contributed by atoms with Crippen LogP contribution in [0.4, 0.5) is 0 Å². The summed E-state index contributed by atoms with van der Waals surface area (Å²) < 4.78 is 0. The molecule has 2 aromatic heterocycles. The predicted octanol–water partition coefficient (Wildman–Crippen LogP) is 13.1. The second-order valence-corrected chi connectivity index (χ2v) is 13.6. The molecular formula is C46H44N2. The molecule has 2 heteroatoms.